The van der Waals surface area contributed by atoms with Crippen molar-refractivity contribution in [3.63, 3.8) is 0 Å². The van der Waals surface area contributed by atoms with Gasteiger partial charge in [0, 0.05) is 17.9 Å². The van der Waals surface area contributed by atoms with Crippen LogP contribution in [-0.4, -0.2) is 42.4 Å². The first kappa shape index (κ1) is 17.9. The third-order valence-electron chi connectivity index (χ3n) is 5.66. The molecule has 5 heteroatoms. The minimum atomic E-state index is -0.296. The lowest BCUT2D eigenvalue weighted by molar-refractivity contribution is -0.127. The predicted octanol–water partition coefficient (Wildman–Crippen LogP) is 2.03. The Hall–Kier alpha value is -1.88. The molecule has 5 nitrogen and oxygen atoms in total. The Balaban J connectivity index is 1.55. The van der Waals surface area contributed by atoms with Crippen molar-refractivity contribution in [1.82, 2.24) is 10.2 Å². The van der Waals surface area contributed by atoms with Crippen molar-refractivity contribution in [3.05, 3.63) is 35.9 Å². The molecule has 1 aromatic rings. The molecule has 0 bridgehead atoms. The van der Waals surface area contributed by atoms with Crippen molar-refractivity contribution < 1.29 is 9.59 Å². The fourth-order valence-electron chi connectivity index (χ4n) is 4.28. The van der Waals surface area contributed by atoms with E-state index in [-0.39, 0.29) is 23.8 Å². The summed E-state index contributed by atoms with van der Waals surface area (Å²) in [7, 11) is 0. The van der Waals surface area contributed by atoms with E-state index in [2.05, 4.69) is 29.6 Å². The Morgan fingerprint density at radius 2 is 1.72 bits per heavy atom. The summed E-state index contributed by atoms with van der Waals surface area (Å²) >= 11 is 0. The molecule has 0 aromatic heterocycles. The van der Waals surface area contributed by atoms with Gasteiger partial charge in [0.1, 0.15) is 0 Å². The molecular formula is C20H29N3O2. The lowest BCUT2D eigenvalue weighted by Gasteiger charge is -2.35. The summed E-state index contributed by atoms with van der Waals surface area (Å²) in [6, 6.07) is 10.8. The molecule has 3 rings (SSSR count). The number of rotatable bonds is 5. The third kappa shape index (κ3) is 4.82. The molecule has 0 radical (unpaired) electrons. The van der Waals surface area contributed by atoms with Crippen molar-refractivity contribution in [2.75, 3.05) is 19.6 Å². The van der Waals surface area contributed by atoms with E-state index >= 15 is 0 Å². The Bertz CT molecular complexity index is 582. The molecule has 2 aliphatic rings. The van der Waals surface area contributed by atoms with E-state index in [9.17, 15) is 9.59 Å². The van der Waals surface area contributed by atoms with Gasteiger partial charge in [0.15, 0.2) is 0 Å². The molecule has 0 unspecified atom stereocenters. The average Bonchev–Trinajstić information content (AvgIpc) is 2.63. The lowest BCUT2D eigenvalue weighted by Crippen LogP contribution is -2.47. The van der Waals surface area contributed by atoms with Gasteiger partial charge in [-0.3, -0.25) is 14.5 Å². The molecular weight excluding hydrogens is 314 g/mol. The zero-order valence-electron chi connectivity index (χ0n) is 14.8. The number of carbonyl (C=O) groups excluding carboxylic acids is 2. The largest absolute Gasteiger partial charge is 0.369 e. The van der Waals surface area contributed by atoms with Gasteiger partial charge in [-0.05, 0) is 44.3 Å². The number of nitrogens with two attached hydrogens (primary N) is 1. The fourth-order valence-corrected chi connectivity index (χ4v) is 4.28. The highest BCUT2D eigenvalue weighted by Gasteiger charge is 2.31. The topological polar surface area (TPSA) is 75.4 Å². The van der Waals surface area contributed by atoms with Gasteiger partial charge in [0.25, 0.3) is 0 Å². The quantitative estimate of drug-likeness (QED) is 0.859. The Morgan fingerprint density at radius 1 is 1.04 bits per heavy atom. The van der Waals surface area contributed by atoms with Gasteiger partial charge in [-0.15, -0.1) is 0 Å². The normalized spacial score (nSPS) is 25.4. The molecule has 136 valence electrons. The zero-order valence-corrected chi connectivity index (χ0v) is 14.8. The van der Waals surface area contributed by atoms with E-state index in [1.165, 1.54) is 18.4 Å². The van der Waals surface area contributed by atoms with Crippen LogP contribution >= 0.6 is 0 Å². The van der Waals surface area contributed by atoms with E-state index in [4.69, 9.17) is 5.73 Å². The molecule has 2 fully saturated rings. The van der Waals surface area contributed by atoms with Gasteiger partial charge in [-0.1, -0.05) is 43.2 Å². The van der Waals surface area contributed by atoms with Crippen molar-refractivity contribution in [2.24, 2.45) is 11.7 Å². The van der Waals surface area contributed by atoms with Crippen LogP contribution in [0, 0.1) is 5.92 Å². The summed E-state index contributed by atoms with van der Waals surface area (Å²) in [5.41, 5.74) is 6.59. The maximum absolute atomic E-state index is 12.8. The highest BCUT2D eigenvalue weighted by atomic mass is 16.2. The number of hydrogen-bond donors (Lipinski definition) is 2. The zero-order chi connectivity index (χ0) is 17.6. The number of hydrogen-bond acceptors (Lipinski definition) is 3. The molecule has 2 amide bonds. The number of nitrogens with zero attached hydrogens (tertiary/aromatic N) is 1. The van der Waals surface area contributed by atoms with Crippen molar-refractivity contribution >= 4 is 11.8 Å². The Labute approximate surface area is 150 Å². The first-order chi connectivity index (χ1) is 12.1. The van der Waals surface area contributed by atoms with Crippen LogP contribution in [0.25, 0.3) is 0 Å². The Morgan fingerprint density at radius 3 is 2.40 bits per heavy atom. The lowest BCUT2D eigenvalue weighted by atomic mass is 9.79. The molecule has 1 saturated carbocycles. The fraction of sp³-hybridized carbons (Fsp3) is 0.600. The van der Waals surface area contributed by atoms with E-state index < -0.39 is 0 Å². The number of likely N-dealkylation sites (tertiary alicyclic amines) is 1. The summed E-state index contributed by atoms with van der Waals surface area (Å²) < 4.78 is 0. The molecule has 1 saturated heterocycles. The van der Waals surface area contributed by atoms with Gasteiger partial charge in [0.2, 0.25) is 11.8 Å². The number of primary amides is 1. The molecule has 1 aliphatic heterocycles. The minimum absolute atomic E-state index is 0.0578. The summed E-state index contributed by atoms with van der Waals surface area (Å²) in [5.74, 6) is 0.374. The van der Waals surface area contributed by atoms with Crippen molar-refractivity contribution in [3.8, 4) is 0 Å². The third-order valence-corrected chi connectivity index (χ3v) is 5.66. The van der Waals surface area contributed by atoms with Gasteiger partial charge in [-0.25, -0.2) is 0 Å². The first-order valence-corrected chi connectivity index (χ1v) is 9.49. The van der Waals surface area contributed by atoms with Crippen LogP contribution in [0.5, 0.6) is 0 Å². The molecule has 2 atom stereocenters. The van der Waals surface area contributed by atoms with Gasteiger partial charge in [-0.2, -0.15) is 0 Å². The van der Waals surface area contributed by atoms with E-state index in [1.807, 2.05) is 11.0 Å². The van der Waals surface area contributed by atoms with Crippen LogP contribution in [-0.2, 0) is 9.59 Å². The monoisotopic (exact) mass is 343 g/mol. The number of nitrogens with one attached hydrogen (secondary N) is 1. The number of benzene rings is 1. The van der Waals surface area contributed by atoms with Crippen LogP contribution in [0.2, 0.25) is 0 Å². The smallest absolute Gasteiger partial charge is 0.231 e. The predicted molar refractivity (Wildman–Crippen MR) is 97.9 cm³/mol. The maximum Gasteiger partial charge on any atom is 0.231 e. The molecule has 1 aromatic carbocycles. The summed E-state index contributed by atoms with van der Waals surface area (Å²) in [6.07, 6.45) is 6.24. The highest BCUT2D eigenvalue weighted by molar-refractivity contribution is 5.79. The summed E-state index contributed by atoms with van der Waals surface area (Å²) in [4.78, 5) is 25.8. The Kier molecular flexibility index (Phi) is 6.08. The standard InChI is InChI=1S/C20H29N3O2/c21-19(24)14-23-12-10-16(11-13-23)20(25)22-18-9-5-4-8-17(18)15-6-2-1-3-7-15/h1-3,6-7,16-18H,4-5,8-14H2,(H2,21,24)(H,22,25)/t17-,18+/m0/s1. The summed E-state index contributed by atoms with van der Waals surface area (Å²) in [6.45, 7) is 1.84. The second-order valence-electron chi connectivity index (χ2n) is 7.43. The van der Waals surface area contributed by atoms with Gasteiger partial charge >= 0.3 is 0 Å². The highest BCUT2D eigenvalue weighted by Crippen LogP contribution is 2.33. The SMILES string of the molecule is NC(=O)CN1CCC(C(=O)N[C@@H]2CCCC[C@H]2c2ccccc2)CC1. The van der Waals surface area contributed by atoms with Crippen molar-refractivity contribution in [2.45, 2.75) is 50.5 Å². The van der Waals surface area contributed by atoms with E-state index in [0.29, 0.717) is 12.5 Å². The van der Waals surface area contributed by atoms with Crippen LogP contribution in [0.15, 0.2) is 30.3 Å². The molecule has 25 heavy (non-hydrogen) atoms. The summed E-state index contributed by atoms with van der Waals surface area (Å²) in [5, 5.41) is 3.34. The average molecular weight is 343 g/mol. The molecule has 1 aliphatic carbocycles. The first-order valence-electron chi connectivity index (χ1n) is 9.49. The van der Waals surface area contributed by atoms with Gasteiger partial charge < -0.3 is 11.1 Å². The van der Waals surface area contributed by atoms with E-state index in [0.717, 1.165) is 38.8 Å². The van der Waals surface area contributed by atoms with Crippen LogP contribution in [0.3, 0.4) is 0 Å². The van der Waals surface area contributed by atoms with Crippen LogP contribution in [0.4, 0.5) is 0 Å². The van der Waals surface area contributed by atoms with Crippen molar-refractivity contribution in [1.29, 1.82) is 0 Å². The number of carbonyl (C=O) groups is 2. The second kappa shape index (κ2) is 8.48. The minimum Gasteiger partial charge on any atom is -0.369 e. The molecule has 0 spiro atoms. The maximum atomic E-state index is 12.8. The molecule has 1 heterocycles. The van der Waals surface area contributed by atoms with E-state index in [1.54, 1.807) is 0 Å². The van der Waals surface area contributed by atoms with Crippen LogP contribution in [0.1, 0.15) is 50.0 Å². The number of piperidine rings is 1. The number of amides is 2. The van der Waals surface area contributed by atoms with Gasteiger partial charge in [0.05, 0.1) is 6.54 Å². The molecule has 3 N–H and O–H groups in total. The second-order valence-corrected chi connectivity index (χ2v) is 7.43. The van der Waals surface area contributed by atoms with Crippen LogP contribution < -0.4 is 11.1 Å².